The third-order valence-electron chi connectivity index (χ3n) is 6.48. The van der Waals surface area contributed by atoms with Crippen LogP contribution in [0.15, 0.2) is 42.5 Å². The zero-order chi connectivity index (χ0) is 26.8. The number of carbonyl (C=O) groups excluding carboxylic acids is 1. The quantitative estimate of drug-likeness (QED) is 0.494. The summed E-state index contributed by atoms with van der Waals surface area (Å²) < 4.78 is 79.4. The third-order valence-corrected chi connectivity index (χ3v) is 6.48. The number of aryl methyl sites for hydroxylation is 1. The molecule has 196 valence electrons. The first-order valence-corrected chi connectivity index (χ1v) is 11.3. The Kier molecular flexibility index (Phi) is 7.90. The fraction of sp³-hybridized carbons (Fsp3) is 0.440. The molecule has 2 aromatic carbocycles. The van der Waals surface area contributed by atoms with Crippen LogP contribution in [0.2, 0.25) is 0 Å². The molecule has 1 N–H and O–H groups in total. The molecule has 0 aliphatic carbocycles. The lowest BCUT2D eigenvalue weighted by Crippen LogP contribution is -2.47. The molecular weight excluding hydrogens is 490 g/mol. The van der Waals surface area contributed by atoms with Gasteiger partial charge in [0.05, 0.1) is 11.1 Å². The van der Waals surface area contributed by atoms with E-state index in [1.54, 1.807) is 6.07 Å². The molecule has 11 heteroatoms. The fourth-order valence-corrected chi connectivity index (χ4v) is 4.70. The molecule has 1 heterocycles. The van der Waals surface area contributed by atoms with Crippen molar-refractivity contribution in [3.8, 4) is 0 Å². The highest BCUT2D eigenvalue weighted by molar-refractivity contribution is 5.80. The molecule has 2 aromatic rings. The highest BCUT2D eigenvalue weighted by Crippen LogP contribution is 2.38. The number of benzene rings is 2. The van der Waals surface area contributed by atoms with E-state index in [4.69, 9.17) is 0 Å². The van der Waals surface area contributed by atoms with Gasteiger partial charge in [-0.15, -0.1) is 0 Å². The van der Waals surface area contributed by atoms with Crippen LogP contribution < -0.4 is 0 Å². The molecule has 2 atom stereocenters. The van der Waals surface area contributed by atoms with E-state index in [0.29, 0.717) is 18.6 Å². The van der Waals surface area contributed by atoms with Crippen molar-refractivity contribution in [1.82, 2.24) is 9.80 Å². The lowest BCUT2D eigenvalue weighted by Gasteiger charge is -2.39. The molecule has 2 amide bonds. The van der Waals surface area contributed by atoms with E-state index < -0.39 is 53.9 Å². The Morgan fingerprint density at radius 2 is 1.61 bits per heavy atom. The molecule has 1 saturated heterocycles. The molecule has 5 nitrogen and oxygen atoms in total. The van der Waals surface area contributed by atoms with Crippen LogP contribution in [0.5, 0.6) is 0 Å². The van der Waals surface area contributed by atoms with Crippen molar-refractivity contribution >= 4 is 12.0 Å². The molecule has 0 unspecified atom stereocenters. The second-order valence-electron chi connectivity index (χ2n) is 8.89. The summed E-state index contributed by atoms with van der Waals surface area (Å²) in [4.78, 5) is 27.4. The highest BCUT2D eigenvalue weighted by atomic mass is 19.4. The first-order chi connectivity index (χ1) is 16.7. The summed E-state index contributed by atoms with van der Waals surface area (Å²) in [6.07, 6.45) is -10.3. The van der Waals surface area contributed by atoms with E-state index in [9.17, 15) is 41.0 Å². The summed E-state index contributed by atoms with van der Waals surface area (Å²) in [5.74, 6) is -1.67. The summed E-state index contributed by atoms with van der Waals surface area (Å²) in [7, 11) is 1.32. The van der Waals surface area contributed by atoms with E-state index in [0.717, 1.165) is 16.0 Å². The first kappa shape index (κ1) is 27.3. The SMILES string of the molecule is CCc1ccccc1[C@@H]1CN(C(=O)O)CC[C@H]1C(=O)N(C)Cc1cc(C(F)(F)F)cc(C(F)(F)F)c1. The van der Waals surface area contributed by atoms with Gasteiger partial charge in [0.1, 0.15) is 0 Å². The van der Waals surface area contributed by atoms with Crippen LogP contribution >= 0.6 is 0 Å². The number of nitrogens with zero attached hydrogens (tertiary/aromatic N) is 2. The molecular formula is C25H26F6N2O3. The highest BCUT2D eigenvalue weighted by Gasteiger charge is 2.40. The molecule has 0 bridgehead atoms. The molecule has 1 aliphatic heterocycles. The van der Waals surface area contributed by atoms with Gasteiger partial charge in [0.15, 0.2) is 0 Å². The van der Waals surface area contributed by atoms with Gasteiger partial charge in [0.25, 0.3) is 0 Å². The lowest BCUT2D eigenvalue weighted by molar-refractivity contribution is -0.143. The van der Waals surface area contributed by atoms with Gasteiger partial charge in [-0.25, -0.2) is 4.79 Å². The Bertz CT molecular complexity index is 1080. The minimum Gasteiger partial charge on any atom is -0.465 e. The van der Waals surface area contributed by atoms with E-state index in [1.165, 1.54) is 11.9 Å². The monoisotopic (exact) mass is 516 g/mol. The Labute approximate surface area is 204 Å². The number of likely N-dealkylation sites (tertiary alicyclic amines) is 1. The molecule has 0 radical (unpaired) electrons. The van der Waals surface area contributed by atoms with E-state index in [-0.39, 0.29) is 31.1 Å². The minimum atomic E-state index is -4.99. The van der Waals surface area contributed by atoms with Crippen LogP contribution in [0.3, 0.4) is 0 Å². The number of rotatable bonds is 5. The van der Waals surface area contributed by atoms with Crippen molar-refractivity contribution in [2.45, 2.75) is 44.6 Å². The molecule has 0 spiro atoms. The van der Waals surface area contributed by atoms with E-state index in [1.807, 2.05) is 25.1 Å². The maximum absolute atomic E-state index is 13.4. The summed E-state index contributed by atoms with van der Waals surface area (Å²) in [6, 6.07) is 8.56. The number of carboxylic acid groups (broad SMARTS) is 1. The average Bonchev–Trinajstić information content (AvgIpc) is 2.81. The Morgan fingerprint density at radius 3 is 2.14 bits per heavy atom. The van der Waals surface area contributed by atoms with Crippen molar-refractivity contribution in [1.29, 1.82) is 0 Å². The number of hydrogen-bond donors (Lipinski definition) is 1. The summed E-state index contributed by atoms with van der Waals surface area (Å²) in [5.41, 5.74) is -1.46. The lowest BCUT2D eigenvalue weighted by atomic mass is 9.78. The van der Waals surface area contributed by atoms with E-state index >= 15 is 0 Å². The number of carbonyl (C=O) groups is 2. The predicted molar refractivity (Wildman–Crippen MR) is 119 cm³/mol. The second kappa shape index (κ2) is 10.4. The van der Waals surface area contributed by atoms with Gasteiger partial charge in [-0.05, 0) is 47.7 Å². The number of halogens is 6. The molecule has 36 heavy (non-hydrogen) atoms. The standard InChI is InChI=1S/C25H26F6N2O3/c1-3-16-6-4-5-7-19(16)21-14-33(23(35)36)9-8-20(21)22(34)32(2)13-15-10-17(24(26,27)28)12-18(11-15)25(29,30)31/h4-7,10-12,20-21H,3,8-9,13-14H2,1-2H3,(H,35,36)/t20-,21+/m1/s1. The van der Waals surface area contributed by atoms with Crippen LogP contribution in [0, 0.1) is 5.92 Å². The summed E-state index contributed by atoms with van der Waals surface area (Å²) >= 11 is 0. The third kappa shape index (κ3) is 6.11. The normalized spacial score (nSPS) is 18.7. The maximum Gasteiger partial charge on any atom is 0.416 e. The predicted octanol–water partition coefficient (Wildman–Crippen LogP) is 6.03. The van der Waals surface area contributed by atoms with Gasteiger partial charge >= 0.3 is 18.4 Å². The van der Waals surface area contributed by atoms with Crippen LogP contribution in [-0.4, -0.2) is 47.0 Å². The number of alkyl halides is 6. The fourth-order valence-electron chi connectivity index (χ4n) is 4.70. The van der Waals surface area contributed by atoms with Crippen molar-refractivity contribution in [2.24, 2.45) is 5.92 Å². The largest absolute Gasteiger partial charge is 0.465 e. The van der Waals surface area contributed by atoms with Gasteiger partial charge in [-0.1, -0.05) is 31.2 Å². The van der Waals surface area contributed by atoms with Crippen LogP contribution in [0.4, 0.5) is 31.1 Å². The van der Waals surface area contributed by atoms with Gasteiger partial charge in [-0.2, -0.15) is 26.3 Å². The Balaban J connectivity index is 1.92. The smallest absolute Gasteiger partial charge is 0.416 e. The zero-order valence-corrected chi connectivity index (χ0v) is 19.7. The van der Waals surface area contributed by atoms with Crippen LogP contribution in [-0.2, 0) is 30.1 Å². The number of amides is 2. The second-order valence-corrected chi connectivity index (χ2v) is 8.89. The van der Waals surface area contributed by atoms with Crippen molar-refractivity contribution in [2.75, 3.05) is 20.1 Å². The first-order valence-electron chi connectivity index (χ1n) is 11.3. The van der Waals surface area contributed by atoms with Gasteiger partial charge in [0.2, 0.25) is 5.91 Å². The topological polar surface area (TPSA) is 60.9 Å². The van der Waals surface area contributed by atoms with Gasteiger partial charge in [-0.3, -0.25) is 4.79 Å². The molecule has 0 saturated carbocycles. The molecule has 1 aliphatic rings. The Morgan fingerprint density at radius 1 is 1.03 bits per heavy atom. The minimum absolute atomic E-state index is 0.0463. The van der Waals surface area contributed by atoms with Gasteiger partial charge in [0, 0.05) is 38.5 Å². The van der Waals surface area contributed by atoms with Crippen LogP contribution in [0.1, 0.15) is 47.1 Å². The zero-order valence-electron chi connectivity index (χ0n) is 19.7. The summed E-state index contributed by atoms with van der Waals surface area (Å²) in [6.45, 7) is 1.60. The molecule has 1 fully saturated rings. The number of hydrogen-bond acceptors (Lipinski definition) is 2. The number of piperidine rings is 1. The van der Waals surface area contributed by atoms with E-state index in [2.05, 4.69) is 0 Å². The van der Waals surface area contributed by atoms with Crippen molar-refractivity contribution in [3.05, 3.63) is 70.3 Å². The average molecular weight is 516 g/mol. The summed E-state index contributed by atoms with van der Waals surface area (Å²) in [5, 5.41) is 9.49. The molecule has 0 aromatic heterocycles. The van der Waals surface area contributed by atoms with Crippen molar-refractivity contribution in [3.63, 3.8) is 0 Å². The van der Waals surface area contributed by atoms with Gasteiger partial charge < -0.3 is 14.9 Å². The maximum atomic E-state index is 13.4. The van der Waals surface area contributed by atoms with Crippen LogP contribution in [0.25, 0.3) is 0 Å². The van der Waals surface area contributed by atoms with Crippen molar-refractivity contribution < 1.29 is 41.0 Å². The molecule has 3 rings (SSSR count). The Hall–Kier alpha value is -3.24.